The molecule has 0 saturated carbocycles. The third kappa shape index (κ3) is 2.86. The van der Waals surface area contributed by atoms with Crippen LogP contribution >= 0.6 is 0 Å². The van der Waals surface area contributed by atoms with Crippen LogP contribution in [0.3, 0.4) is 0 Å². The molecule has 0 unspecified atom stereocenters. The van der Waals surface area contributed by atoms with Gasteiger partial charge in [-0.05, 0) is 61.8 Å². The van der Waals surface area contributed by atoms with E-state index in [2.05, 4.69) is 10.2 Å². The van der Waals surface area contributed by atoms with Gasteiger partial charge >= 0.3 is 0 Å². The molecule has 1 aromatic carbocycles. The maximum atomic E-state index is 13.0. The van der Waals surface area contributed by atoms with Crippen molar-refractivity contribution in [2.75, 3.05) is 13.1 Å². The van der Waals surface area contributed by atoms with Crippen molar-refractivity contribution in [3.8, 4) is 0 Å². The summed E-state index contributed by atoms with van der Waals surface area (Å²) >= 11 is 0. The summed E-state index contributed by atoms with van der Waals surface area (Å²) < 4.78 is 27.5. The van der Waals surface area contributed by atoms with Crippen LogP contribution in [0.2, 0.25) is 0 Å². The molecule has 1 aliphatic heterocycles. The minimum absolute atomic E-state index is 0.190. The number of aryl methyl sites for hydroxylation is 2. The van der Waals surface area contributed by atoms with E-state index >= 15 is 0 Å². The van der Waals surface area contributed by atoms with Crippen LogP contribution in [-0.2, 0) is 22.9 Å². The van der Waals surface area contributed by atoms with Crippen molar-refractivity contribution in [3.05, 3.63) is 41.7 Å². The van der Waals surface area contributed by atoms with Crippen LogP contribution in [0.15, 0.2) is 35.5 Å². The lowest BCUT2D eigenvalue weighted by atomic mass is 9.92. The van der Waals surface area contributed by atoms with Gasteiger partial charge in [0, 0.05) is 13.1 Å². The molecule has 0 amide bonds. The predicted molar refractivity (Wildman–Crippen MR) is 90.1 cm³/mol. The minimum atomic E-state index is -3.40. The highest BCUT2D eigenvalue weighted by Crippen LogP contribution is 2.29. The minimum Gasteiger partial charge on any atom is -0.207 e. The molecule has 0 bridgehead atoms. The van der Waals surface area contributed by atoms with Gasteiger partial charge < -0.3 is 0 Å². The first kappa shape index (κ1) is 15.8. The molecule has 0 atom stereocenters. The summed E-state index contributed by atoms with van der Waals surface area (Å²) in [5, 5.41) is 8.34. The van der Waals surface area contributed by atoms with Gasteiger partial charge in [0.25, 0.3) is 0 Å². The van der Waals surface area contributed by atoms with Gasteiger partial charge in [0.15, 0.2) is 0 Å². The van der Waals surface area contributed by atoms with E-state index < -0.39 is 10.0 Å². The third-order valence-corrected chi connectivity index (χ3v) is 7.04. The number of aromatic nitrogens is 3. The van der Waals surface area contributed by atoms with Crippen molar-refractivity contribution in [2.45, 2.75) is 49.5 Å². The standard InChI is InChI=1S/C17H22N4O2S/c22-24(23,17-6-5-14-3-1-2-4-15(14)13-17)20-11-7-16(8-12-20)21-18-9-10-19-21/h5-6,9-10,13,16H,1-4,7-8,11-12H2. The number of nitrogens with zero attached hydrogens (tertiary/aromatic N) is 4. The van der Waals surface area contributed by atoms with Crippen molar-refractivity contribution in [1.29, 1.82) is 0 Å². The van der Waals surface area contributed by atoms with Gasteiger partial charge in [0.1, 0.15) is 0 Å². The Balaban J connectivity index is 1.51. The normalized spacial score (nSPS) is 20.0. The quantitative estimate of drug-likeness (QED) is 0.854. The number of hydrogen-bond acceptors (Lipinski definition) is 4. The summed E-state index contributed by atoms with van der Waals surface area (Å²) in [4.78, 5) is 2.14. The van der Waals surface area contributed by atoms with Gasteiger partial charge in [0.05, 0.1) is 23.3 Å². The van der Waals surface area contributed by atoms with E-state index in [-0.39, 0.29) is 6.04 Å². The molecule has 24 heavy (non-hydrogen) atoms. The Bertz CT molecular complexity index is 809. The smallest absolute Gasteiger partial charge is 0.207 e. The van der Waals surface area contributed by atoms with Crippen LogP contribution in [0.4, 0.5) is 0 Å². The fraction of sp³-hybridized carbons (Fsp3) is 0.529. The monoisotopic (exact) mass is 346 g/mol. The molecule has 0 spiro atoms. The summed E-state index contributed by atoms with van der Waals surface area (Å²) in [6.45, 7) is 1.04. The number of piperidine rings is 1. The van der Waals surface area contributed by atoms with Gasteiger partial charge in [-0.3, -0.25) is 0 Å². The topological polar surface area (TPSA) is 68.1 Å². The number of hydrogen-bond donors (Lipinski definition) is 0. The first-order valence-electron chi connectivity index (χ1n) is 8.62. The number of rotatable bonds is 3. The van der Waals surface area contributed by atoms with Crippen LogP contribution < -0.4 is 0 Å². The number of fused-ring (bicyclic) bond motifs is 1. The summed E-state index contributed by atoms with van der Waals surface area (Å²) in [7, 11) is -3.40. The average Bonchev–Trinajstić information content (AvgIpc) is 3.16. The molecule has 7 heteroatoms. The Hall–Kier alpha value is -1.73. The average molecular weight is 346 g/mol. The van der Waals surface area contributed by atoms with Crippen molar-refractivity contribution in [1.82, 2.24) is 19.3 Å². The van der Waals surface area contributed by atoms with Gasteiger partial charge in [-0.25, -0.2) is 8.42 Å². The van der Waals surface area contributed by atoms with E-state index in [0.29, 0.717) is 18.0 Å². The second kappa shape index (κ2) is 6.29. The summed E-state index contributed by atoms with van der Waals surface area (Å²) in [6, 6.07) is 5.86. The van der Waals surface area contributed by atoms with Crippen molar-refractivity contribution < 1.29 is 8.42 Å². The molecular weight excluding hydrogens is 324 g/mol. The molecule has 6 nitrogen and oxygen atoms in total. The SMILES string of the molecule is O=S(=O)(c1ccc2c(c1)CCCC2)N1CCC(n2nccn2)CC1. The fourth-order valence-electron chi connectivity index (χ4n) is 3.75. The van der Waals surface area contributed by atoms with E-state index in [0.717, 1.165) is 32.1 Å². The highest BCUT2D eigenvalue weighted by atomic mass is 32.2. The van der Waals surface area contributed by atoms with Gasteiger partial charge in [-0.2, -0.15) is 19.3 Å². The van der Waals surface area contributed by atoms with Gasteiger partial charge in [0.2, 0.25) is 10.0 Å². The molecule has 4 rings (SSSR count). The Kier molecular flexibility index (Phi) is 4.14. The molecule has 2 aliphatic rings. The maximum Gasteiger partial charge on any atom is 0.243 e. The van der Waals surface area contributed by atoms with Crippen LogP contribution in [0.25, 0.3) is 0 Å². The number of sulfonamides is 1. The summed E-state index contributed by atoms with van der Waals surface area (Å²) in [6.07, 6.45) is 9.24. The molecule has 128 valence electrons. The largest absolute Gasteiger partial charge is 0.243 e. The lowest BCUT2D eigenvalue weighted by molar-refractivity contribution is 0.245. The van der Waals surface area contributed by atoms with E-state index in [1.165, 1.54) is 17.5 Å². The first-order chi connectivity index (χ1) is 11.6. The zero-order valence-corrected chi connectivity index (χ0v) is 14.5. The van der Waals surface area contributed by atoms with E-state index in [4.69, 9.17) is 0 Å². The van der Waals surface area contributed by atoms with Crippen molar-refractivity contribution in [2.24, 2.45) is 0 Å². The van der Waals surface area contributed by atoms with Crippen LogP contribution in [0, 0.1) is 0 Å². The molecular formula is C17H22N4O2S. The second-order valence-electron chi connectivity index (χ2n) is 6.62. The zero-order valence-electron chi connectivity index (χ0n) is 13.6. The van der Waals surface area contributed by atoms with Crippen molar-refractivity contribution >= 4 is 10.0 Å². The van der Waals surface area contributed by atoms with Gasteiger partial charge in [-0.1, -0.05) is 6.07 Å². The summed E-state index contributed by atoms with van der Waals surface area (Å²) in [5.74, 6) is 0. The molecule has 1 fully saturated rings. The Morgan fingerprint density at radius 2 is 1.62 bits per heavy atom. The van der Waals surface area contributed by atoms with Gasteiger partial charge in [-0.15, -0.1) is 0 Å². The first-order valence-corrected chi connectivity index (χ1v) is 10.1. The molecule has 0 N–H and O–H groups in total. The highest BCUT2D eigenvalue weighted by Gasteiger charge is 2.31. The van der Waals surface area contributed by atoms with E-state index in [1.54, 1.807) is 27.6 Å². The maximum absolute atomic E-state index is 13.0. The molecule has 2 aromatic rings. The number of benzene rings is 1. The molecule has 1 saturated heterocycles. The molecule has 2 heterocycles. The zero-order chi connectivity index (χ0) is 16.6. The Morgan fingerprint density at radius 1 is 0.958 bits per heavy atom. The van der Waals surface area contributed by atoms with Crippen LogP contribution in [0.1, 0.15) is 42.9 Å². The lowest BCUT2D eigenvalue weighted by Gasteiger charge is -2.31. The lowest BCUT2D eigenvalue weighted by Crippen LogP contribution is -2.39. The Labute approximate surface area is 142 Å². The van der Waals surface area contributed by atoms with Crippen LogP contribution in [-0.4, -0.2) is 40.8 Å². The molecule has 1 aliphatic carbocycles. The van der Waals surface area contributed by atoms with E-state index in [9.17, 15) is 8.42 Å². The summed E-state index contributed by atoms with van der Waals surface area (Å²) in [5.41, 5.74) is 2.52. The Morgan fingerprint density at radius 3 is 2.33 bits per heavy atom. The predicted octanol–water partition coefficient (Wildman–Crippen LogP) is 2.18. The van der Waals surface area contributed by atoms with E-state index in [1.807, 2.05) is 12.1 Å². The fourth-order valence-corrected chi connectivity index (χ4v) is 5.27. The van der Waals surface area contributed by atoms with Crippen molar-refractivity contribution in [3.63, 3.8) is 0 Å². The van der Waals surface area contributed by atoms with Crippen LogP contribution in [0.5, 0.6) is 0 Å². The highest BCUT2D eigenvalue weighted by molar-refractivity contribution is 7.89. The molecule has 1 aromatic heterocycles. The third-order valence-electron chi connectivity index (χ3n) is 5.14. The molecule has 0 radical (unpaired) electrons. The second-order valence-corrected chi connectivity index (χ2v) is 8.56.